The number of carbonyl (C=O) groups is 2. The largest absolute Gasteiger partial charge is 0.472 e. The van der Waals surface area contributed by atoms with Gasteiger partial charge in [-0.25, -0.2) is 4.57 Å². The third-order valence-corrected chi connectivity index (χ3v) is 17.9. The fraction of sp³-hybridized carbons (Fsp3) is 0.644. The van der Waals surface area contributed by atoms with Gasteiger partial charge in [0.1, 0.15) is 19.8 Å². The zero-order chi connectivity index (χ0) is 72.5. The second-order valence-corrected chi connectivity index (χ2v) is 29.1. The number of ether oxygens (including phenoxy) is 2. The fourth-order valence-corrected chi connectivity index (χ4v) is 11.6. The van der Waals surface area contributed by atoms with Crippen molar-refractivity contribution in [1.29, 1.82) is 0 Å². The van der Waals surface area contributed by atoms with Crippen LogP contribution in [0.4, 0.5) is 0 Å². The lowest BCUT2D eigenvalue weighted by Gasteiger charge is -2.24. The molecule has 0 radical (unpaired) electrons. The summed E-state index contributed by atoms with van der Waals surface area (Å²) in [5, 5.41) is 0. The number of hydrogen-bond acceptors (Lipinski definition) is 7. The van der Waals surface area contributed by atoms with Crippen molar-refractivity contribution in [2.24, 2.45) is 0 Å². The second kappa shape index (κ2) is 78.3. The molecule has 0 amide bonds. The van der Waals surface area contributed by atoms with Gasteiger partial charge >= 0.3 is 19.8 Å². The number of likely N-dealkylation sites (N-methyl/N-ethyl adjacent to an activating group) is 1. The topological polar surface area (TPSA) is 108 Å². The smallest absolute Gasteiger partial charge is 0.462 e. The van der Waals surface area contributed by atoms with Crippen molar-refractivity contribution in [2.45, 2.75) is 328 Å². The molecule has 0 saturated heterocycles. The van der Waals surface area contributed by atoms with Crippen LogP contribution in [0.3, 0.4) is 0 Å². The summed E-state index contributed by atoms with van der Waals surface area (Å²) in [6, 6.07) is 0. The van der Waals surface area contributed by atoms with E-state index in [4.69, 9.17) is 18.5 Å². The van der Waals surface area contributed by atoms with Crippen molar-refractivity contribution in [1.82, 2.24) is 0 Å². The first-order valence-corrected chi connectivity index (χ1v) is 42.0. The number of phosphoric acid groups is 1. The van der Waals surface area contributed by atoms with Gasteiger partial charge in [-0.2, -0.15) is 0 Å². The summed E-state index contributed by atoms with van der Waals surface area (Å²) in [6.45, 7) is 4.20. The molecule has 568 valence electrons. The van der Waals surface area contributed by atoms with Crippen molar-refractivity contribution < 1.29 is 42.1 Å². The number of quaternary nitrogens is 1. The molecule has 2 unspecified atom stereocenters. The van der Waals surface area contributed by atoms with Gasteiger partial charge < -0.3 is 18.9 Å². The van der Waals surface area contributed by atoms with Crippen LogP contribution in [0.1, 0.15) is 322 Å². The molecule has 0 aliphatic carbocycles. The maximum absolute atomic E-state index is 12.9. The minimum Gasteiger partial charge on any atom is -0.462 e. The molecule has 0 fully saturated rings. The molecular weight excluding hydrogens is 1250 g/mol. The molecule has 0 rings (SSSR count). The highest BCUT2D eigenvalue weighted by molar-refractivity contribution is 7.47. The monoisotopic (exact) mass is 1410 g/mol. The lowest BCUT2D eigenvalue weighted by molar-refractivity contribution is -0.870. The molecule has 0 aromatic carbocycles. The van der Waals surface area contributed by atoms with Crippen molar-refractivity contribution in [3.05, 3.63) is 182 Å². The minimum atomic E-state index is -4.41. The van der Waals surface area contributed by atoms with Gasteiger partial charge in [0.05, 0.1) is 27.7 Å². The van der Waals surface area contributed by atoms with Crippen LogP contribution in [-0.2, 0) is 32.7 Å². The molecule has 2 atom stereocenters. The van der Waals surface area contributed by atoms with E-state index in [1.54, 1.807) is 0 Å². The van der Waals surface area contributed by atoms with E-state index in [9.17, 15) is 19.0 Å². The van der Waals surface area contributed by atoms with Gasteiger partial charge in [0.15, 0.2) is 6.10 Å². The number of esters is 2. The molecule has 0 aliphatic heterocycles. The summed E-state index contributed by atoms with van der Waals surface area (Å²) in [4.78, 5) is 36.0. The van der Waals surface area contributed by atoms with E-state index < -0.39 is 26.5 Å². The van der Waals surface area contributed by atoms with Gasteiger partial charge in [0.2, 0.25) is 0 Å². The Balaban J connectivity index is 4.02. The van der Waals surface area contributed by atoms with Crippen LogP contribution in [0, 0.1) is 0 Å². The average molecular weight is 1410 g/mol. The number of nitrogens with zero attached hydrogens (tertiary/aromatic N) is 1. The van der Waals surface area contributed by atoms with Crippen molar-refractivity contribution >= 4 is 19.8 Å². The van der Waals surface area contributed by atoms with E-state index in [1.165, 1.54) is 148 Å². The Morgan fingerprint density at radius 2 is 0.540 bits per heavy atom. The van der Waals surface area contributed by atoms with Crippen LogP contribution in [-0.4, -0.2) is 74.9 Å². The molecule has 0 bridgehead atoms. The van der Waals surface area contributed by atoms with Gasteiger partial charge in [-0.1, -0.05) is 357 Å². The van der Waals surface area contributed by atoms with Gasteiger partial charge in [0, 0.05) is 12.8 Å². The Kier molecular flexibility index (Phi) is 74.4. The Bertz CT molecular complexity index is 2350. The van der Waals surface area contributed by atoms with Crippen molar-refractivity contribution in [3.8, 4) is 0 Å². The number of phosphoric ester groups is 1. The van der Waals surface area contributed by atoms with Gasteiger partial charge in [-0.15, -0.1) is 0 Å². The van der Waals surface area contributed by atoms with E-state index in [0.29, 0.717) is 17.4 Å². The lowest BCUT2D eigenvalue weighted by atomic mass is 10.0. The molecule has 0 heterocycles. The van der Waals surface area contributed by atoms with E-state index >= 15 is 0 Å². The molecule has 0 saturated carbocycles. The molecule has 0 aromatic rings. The Morgan fingerprint density at radius 3 is 0.800 bits per heavy atom. The maximum atomic E-state index is 12.9. The first kappa shape index (κ1) is 95.1. The first-order valence-electron chi connectivity index (χ1n) is 40.5. The van der Waals surface area contributed by atoms with Gasteiger partial charge in [-0.05, 0) is 135 Å². The SMILES string of the molecule is CC/C=C\C/C=C\C/C=C\C/C=C\C/C=C\C/C=C\C/C=C\C/C=C\C/C=C\CCCCCCCCCC(=O)OC(COC(=O)CCCCCCCCCCCCCCCCCCCCCCCC/C=C\C/C=C\C/C=C\C/C=C\C/C=C\C/C=C\CC)COP(=O)(O)OCC[N+](C)(C)C. The van der Waals surface area contributed by atoms with Gasteiger partial charge in [-0.3, -0.25) is 18.6 Å². The number of carbonyl (C=O) groups excluding carboxylic acids is 2. The minimum absolute atomic E-state index is 0.0224. The summed E-state index contributed by atoms with van der Waals surface area (Å²) >= 11 is 0. The third kappa shape index (κ3) is 82.1. The fourth-order valence-electron chi connectivity index (χ4n) is 10.8. The van der Waals surface area contributed by atoms with E-state index in [-0.39, 0.29) is 32.0 Å². The molecule has 9 nitrogen and oxygen atoms in total. The van der Waals surface area contributed by atoms with Crippen molar-refractivity contribution in [3.63, 3.8) is 0 Å². The van der Waals surface area contributed by atoms with E-state index in [0.717, 1.165) is 141 Å². The van der Waals surface area contributed by atoms with Crippen LogP contribution in [0.25, 0.3) is 0 Å². The number of unbranched alkanes of at least 4 members (excludes halogenated alkanes) is 29. The number of hydrogen-bond donors (Lipinski definition) is 1. The molecule has 0 spiro atoms. The highest BCUT2D eigenvalue weighted by Gasteiger charge is 2.27. The molecule has 0 aromatic heterocycles. The highest BCUT2D eigenvalue weighted by Crippen LogP contribution is 2.43. The molecule has 100 heavy (non-hydrogen) atoms. The zero-order valence-electron chi connectivity index (χ0n) is 64.9. The number of rotatable bonds is 73. The van der Waals surface area contributed by atoms with Crippen LogP contribution in [0.5, 0.6) is 0 Å². The Morgan fingerprint density at radius 1 is 0.310 bits per heavy atom. The molecule has 10 heteroatoms. The predicted octanol–water partition coefficient (Wildman–Crippen LogP) is 27.4. The summed E-state index contributed by atoms with van der Waals surface area (Å²) in [7, 11) is 1.46. The maximum Gasteiger partial charge on any atom is 0.472 e. The van der Waals surface area contributed by atoms with Crippen LogP contribution >= 0.6 is 7.82 Å². The standard InChI is InChI=1S/C90H150NO8P/c1-6-8-10-12-14-16-18-20-22-24-26-28-30-32-34-36-38-40-42-43-44-45-46-47-49-50-52-54-56-58-60-62-64-66-68-70-72-74-76-78-80-82-89(92)96-86-88(87-98-100(94,95)97-85-84-91(3,4)5)99-90(93)83-81-79-77-75-73-71-69-67-65-63-61-59-57-55-53-51-48-41-39-37-35-33-31-29-27-25-23-21-19-17-15-13-11-9-7-2/h8-11,14-17,20-23,26-29,32-35,38-41,51,53,57,59,63,65,88H,6-7,12-13,18-19,24-25,30-31,36-37,42-50,52,54-56,58,60-62,64,66-87H2,1-5H3/p+1/b10-8-,11-9-,16-14-,17-15-,22-20-,23-21-,28-26-,29-27-,34-32-,35-33-,40-38-,41-39-,53-51-,59-57-,65-63-. The molecule has 0 aliphatic rings. The van der Waals surface area contributed by atoms with E-state index in [2.05, 4.69) is 196 Å². The van der Waals surface area contributed by atoms with Crippen LogP contribution in [0.15, 0.2) is 182 Å². The summed E-state index contributed by atoms with van der Waals surface area (Å²) in [6.07, 6.45) is 120. The predicted molar refractivity (Wildman–Crippen MR) is 436 cm³/mol. The van der Waals surface area contributed by atoms with Crippen LogP contribution < -0.4 is 0 Å². The summed E-state index contributed by atoms with van der Waals surface area (Å²) in [5.74, 6) is -0.810. The Hall–Kier alpha value is -4.89. The summed E-state index contributed by atoms with van der Waals surface area (Å²) < 4.78 is 34.8. The second-order valence-electron chi connectivity index (χ2n) is 27.7. The van der Waals surface area contributed by atoms with Crippen LogP contribution in [0.2, 0.25) is 0 Å². The molecular formula is C90H151NO8P+. The molecule has 1 N–H and O–H groups in total. The average Bonchev–Trinajstić information content (AvgIpc) is 1.65. The van der Waals surface area contributed by atoms with Gasteiger partial charge in [0.25, 0.3) is 0 Å². The lowest BCUT2D eigenvalue weighted by Crippen LogP contribution is -2.37. The van der Waals surface area contributed by atoms with Crippen molar-refractivity contribution in [2.75, 3.05) is 47.5 Å². The first-order chi connectivity index (χ1) is 49.0. The normalized spacial score (nSPS) is 14.0. The third-order valence-electron chi connectivity index (χ3n) is 16.9. The number of allylic oxidation sites excluding steroid dienone is 30. The zero-order valence-corrected chi connectivity index (χ0v) is 65.8. The summed E-state index contributed by atoms with van der Waals surface area (Å²) in [5.41, 5.74) is 0. The Labute approximate surface area is 616 Å². The van der Waals surface area contributed by atoms with E-state index in [1.807, 2.05) is 21.1 Å². The highest BCUT2D eigenvalue weighted by atomic mass is 31.2. The quantitative estimate of drug-likeness (QED) is 0.0211.